The summed E-state index contributed by atoms with van der Waals surface area (Å²) in [6, 6.07) is 7.91. The first-order chi connectivity index (χ1) is 10.1. The first-order valence-corrected chi connectivity index (χ1v) is 8.20. The standard InChI is InChI=1S/C18H30N2O/c1-5-19-18(16-7-6-14(2)15(3)12-16)13-20(4)17-8-10-21-11-9-17/h6-7,12,17-19H,5,8-11,13H2,1-4H3. The molecule has 0 aromatic heterocycles. The van der Waals surface area contributed by atoms with Crippen molar-refractivity contribution in [3.05, 3.63) is 34.9 Å². The van der Waals surface area contributed by atoms with Crippen LogP contribution in [0.3, 0.4) is 0 Å². The third-order valence-electron chi connectivity index (χ3n) is 4.67. The van der Waals surface area contributed by atoms with Gasteiger partial charge in [-0.1, -0.05) is 25.1 Å². The minimum atomic E-state index is 0.405. The molecule has 1 N–H and O–H groups in total. The molecule has 1 unspecified atom stereocenters. The van der Waals surface area contributed by atoms with Gasteiger partial charge in [-0.3, -0.25) is 0 Å². The van der Waals surface area contributed by atoms with Crippen molar-refractivity contribution >= 4 is 0 Å². The molecule has 2 rings (SSSR count). The van der Waals surface area contributed by atoms with Crippen molar-refractivity contribution in [2.45, 2.75) is 45.7 Å². The van der Waals surface area contributed by atoms with E-state index < -0.39 is 0 Å². The van der Waals surface area contributed by atoms with E-state index in [0.29, 0.717) is 12.1 Å². The Morgan fingerprint density at radius 2 is 1.95 bits per heavy atom. The van der Waals surface area contributed by atoms with Gasteiger partial charge in [0, 0.05) is 31.8 Å². The molecule has 0 amide bonds. The van der Waals surface area contributed by atoms with Crippen LogP contribution in [-0.4, -0.2) is 44.3 Å². The van der Waals surface area contributed by atoms with Gasteiger partial charge in [-0.15, -0.1) is 0 Å². The van der Waals surface area contributed by atoms with Gasteiger partial charge in [0.2, 0.25) is 0 Å². The molecule has 1 atom stereocenters. The van der Waals surface area contributed by atoms with Crippen LogP contribution in [-0.2, 0) is 4.74 Å². The van der Waals surface area contributed by atoms with Gasteiger partial charge in [0.1, 0.15) is 0 Å². The van der Waals surface area contributed by atoms with Gasteiger partial charge in [0.05, 0.1) is 0 Å². The average molecular weight is 290 g/mol. The number of nitrogens with zero attached hydrogens (tertiary/aromatic N) is 1. The molecule has 0 saturated carbocycles. The summed E-state index contributed by atoms with van der Waals surface area (Å²) in [7, 11) is 2.25. The van der Waals surface area contributed by atoms with E-state index in [-0.39, 0.29) is 0 Å². The first-order valence-electron chi connectivity index (χ1n) is 8.20. The molecule has 1 aliphatic heterocycles. The minimum Gasteiger partial charge on any atom is -0.381 e. The zero-order valence-electron chi connectivity index (χ0n) is 14.0. The fourth-order valence-electron chi connectivity index (χ4n) is 3.08. The summed E-state index contributed by atoms with van der Waals surface area (Å²) in [4.78, 5) is 2.50. The Kier molecular flexibility index (Phi) is 6.22. The lowest BCUT2D eigenvalue weighted by atomic mass is 9.99. The molecule has 21 heavy (non-hydrogen) atoms. The van der Waals surface area contributed by atoms with E-state index in [4.69, 9.17) is 4.74 Å². The van der Waals surface area contributed by atoms with Crippen LogP contribution in [0.25, 0.3) is 0 Å². The molecule has 0 aliphatic carbocycles. The lowest BCUT2D eigenvalue weighted by Crippen LogP contribution is -2.41. The summed E-state index contributed by atoms with van der Waals surface area (Å²) in [5.74, 6) is 0. The van der Waals surface area contributed by atoms with E-state index in [0.717, 1.165) is 39.1 Å². The minimum absolute atomic E-state index is 0.405. The average Bonchev–Trinajstić information content (AvgIpc) is 2.50. The number of hydrogen-bond donors (Lipinski definition) is 1. The Morgan fingerprint density at radius 3 is 2.57 bits per heavy atom. The topological polar surface area (TPSA) is 24.5 Å². The molecule has 1 heterocycles. The lowest BCUT2D eigenvalue weighted by molar-refractivity contribution is 0.0402. The van der Waals surface area contributed by atoms with Crippen LogP contribution in [0.5, 0.6) is 0 Å². The summed E-state index contributed by atoms with van der Waals surface area (Å²) in [6.45, 7) is 10.4. The monoisotopic (exact) mass is 290 g/mol. The van der Waals surface area contributed by atoms with Gasteiger partial charge < -0.3 is 15.0 Å². The van der Waals surface area contributed by atoms with Gasteiger partial charge in [-0.05, 0) is 57.0 Å². The van der Waals surface area contributed by atoms with Crippen molar-refractivity contribution < 1.29 is 4.74 Å². The summed E-state index contributed by atoms with van der Waals surface area (Å²) < 4.78 is 5.47. The highest BCUT2D eigenvalue weighted by molar-refractivity contribution is 5.32. The van der Waals surface area contributed by atoms with Crippen molar-refractivity contribution in [3.63, 3.8) is 0 Å². The second-order valence-corrected chi connectivity index (χ2v) is 6.24. The molecule has 3 nitrogen and oxygen atoms in total. The third-order valence-corrected chi connectivity index (χ3v) is 4.67. The SMILES string of the molecule is CCNC(CN(C)C1CCOCC1)c1ccc(C)c(C)c1. The summed E-state index contributed by atoms with van der Waals surface area (Å²) >= 11 is 0. The predicted molar refractivity (Wildman–Crippen MR) is 88.8 cm³/mol. The Hall–Kier alpha value is -0.900. The van der Waals surface area contributed by atoms with Crippen LogP contribution >= 0.6 is 0 Å². The van der Waals surface area contributed by atoms with Crippen LogP contribution in [0.1, 0.15) is 42.5 Å². The highest BCUT2D eigenvalue weighted by atomic mass is 16.5. The molecule has 0 bridgehead atoms. The normalized spacial score (nSPS) is 18.1. The Balaban J connectivity index is 2.05. The summed E-state index contributed by atoms with van der Waals surface area (Å²) in [5, 5.41) is 3.64. The van der Waals surface area contributed by atoms with Crippen LogP contribution in [0.2, 0.25) is 0 Å². The molecule has 3 heteroatoms. The smallest absolute Gasteiger partial charge is 0.0480 e. The van der Waals surface area contributed by atoms with Crippen molar-refractivity contribution in [3.8, 4) is 0 Å². The number of ether oxygens (including phenoxy) is 1. The third kappa shape index (κ3) is 4.53. The van der Waals surface area contributed by atoms with Gasteiger partial charge in [-0.2, -0.15) is 0 Å². The Morgan fingerprint density at radius 1 is 1.24 bits per heavy atom. The Bertz CT molecular complexity index is 441. The first kappa shape index (κ1) is 16.5. The molecule has 0 spiro atoms. The molecular formula is C18H30N2O. The highest BCUT2D eigenvalue weighted by Crippen LogP contribution is 2.21. The Labute approximate surface area is 129 Å². The predicted octanol–water partition coefficient (Wildman–Crippen LogP) is 3.06. The van der Waals surface area contributed by atoms with E-state index in [9.17, 15) is 0 Å². The summed E-state index contributed by atoms with van der Waals surface area (Å²) in [5.41, 5.74) is 4.15. The van der Waals surface area contributed by atoms with Gasteiger partial charge >= 0.3 is 0 Å². The van der Waals surface area contributed by atoms with Crippen LogP contribution in [0, 0.1) is 13.8 Å². The second kappa shape index (κ2) is 7.92. The molecule has 1 saturated heterocycles. The molecule has 1 aliphatic rings. The molecule has 1 aromatic carbocycles. The van der Waals surface area contributed by atoms with Crippen molar-refractivity contribution in [2.24, 2.45) is 0 Å². The zero-order chi connectivity index (χ0) is 15.2. The van der Waals surface area contributed by atoms with Gasteiger partial charge in [0.25, 0.3) is 0 Å². The fourth-order valence-corrected chi connectivity index (χ4v) is 3.08. The largest absolute Gasteiger partial charge is 0.381 e. The van der Waals surface area contributed by atoms with Crippen molar-refractivity contribution in [2.75, 3.05) is 33.4 Å². The van der Waals surface area contributed by atoms with E-state index in [2.05, 4.69) is 56.2 Å². The molecular weight excluding hydrogens is 260 g/mol. The van der Waals surface area contributed by atoms with E-state index in [1.54, 1.807) is 0 Å². The van der Waals surface area contributed by atoms with Crippen LogP contribution < -0.4 is 5.32 Å². The van der Waals surface area contributed by atoms with E-state index >= 15 is 0 Å². The lowest BCUT2D eigenvalue weighted by Gasteiger charge is -2.34. The number of benzene rings is 1. The molecule has 118 valence electrons. The van der Waals surface area contributed by atoms with Crippen molar-refractivity contribution in [1.82, 2.24) is 10.2 Å². The fraction of sp³-hybridized carbons (Fsp3) is 0.667. The highest BCUT2D eigenvalue weighted by Gasteiger charge is 2.21. The van der Waals surface area contributed by atoms with Crippen molar-refractivity contribution in [1.29, 1.82) is 0 Å². The number of aryl methyl sites for hydroxylation is 2. The second-order valence-electron chi connectivity index (χ2n) is 6.24. The van der Waals surface area contributed by atoms with Crippen LogP contribution in [0.4, 0.5) is 0 Å². The maximum absolute atomic E-state index is 5.47. The molecule has 1 fully saturated rings. The van der Waals surface area contributed by atoms with Gasteiger partial charge in [-0.25, -0.2) is 0 Å². The molecule has 0 radical (unpaired) electrons. The summed E-state index contributed by atoms with van der Waals surface area (Å²) in [6.07, 6.45) is 2.31. The maximum Gasteiger partial charge on any atom is 0.0480 e. The maximum atomic E-state index is 5.47. The molecule has 1 aromatic rings. The van der Waals surface area contributed by atoms with E-state index in [1.807, 2.05) is 0 Å². The number of rotatable bonds is 6. The van der Waals surface area contributed by atoms with Crippen LogP contribution in [0.15, 0.2) is 18.2 Å². The number of likely N-dealkylation sites (N-methyl/N-ethyl adjacent to an activating group) is 2. The number of hydrogen-bond acceptors (Lipinski definition) is 3. The zero-order valence-corrected chi connectivity index (χ0v) is 14.0. The quantitative estimate of drug-likeness (QED) is 0.871. The number of nitrogens with one attached hydrogen (secondary N) is 1. The van der Waals surface area contributed by atoms with Gasteiger partial charge in [0.15, 0.2) is 0 Å². The van der Waals surface area contributed by atoms with E-state index in [1.165, 1.54) is 16.7 Å².